The van der Waals surface area contributed by atoms with E-state index in [0.717, 1.165) is 23.4 Å². The number of nitrogens with one attached hydrogen (secondary N) is 1. The number of ether oxygens (including phenoxy) is 2. The highest BCUT2D eigenvalue weighted by Gasteiger charge is 2.36. The van der Waals surface area contributed by atoms with E-state index in [1.807, 2.05) is 18.2 Å². The third-order valence-electron chi connectivity index (χ3n) is 4.05. The van der Waals surface area contributed by atoms with Crippen molar-refractivity contribution in [3.8, 4) is 0 Å². The van der Waals surface area contributed by atoms with Crippen LogP contribution in [0.3, 0.4) is 0 Å². The molecule has 0 aliphatic carbocycles. The van der Waals surface area contributed by atoms with Crippen LogP contribution in [-0.2, 0) is 19.7 Å². The molecule has 1 aromatic rings. The van der Waals surface area contributed by atoms with Crippen molar-refractivity contribution in [3.63, 3.8) is 0 Å². The van der Waals surface area contributed by atoms with Crippen molar-refractivity contribution >= 4 is 17.5 Å². The smallest absolute Gasteiger partial charge is 0.222 e. The number of benzene rings is 1. The minimum atomic E-state index is -0.140. The summed E-state index contributed by atoms with van der Waals surface area (Å²) in [4.78, 5) is 11.8. The molecular formula is C16H22ClNO3. The summed E-state index contributed by atoms with van der Waals surface area (Å²) in [6.07, 6.45) is 2.11. The second kappa shape index (κ2) is 7.78. The first-order valence-electron chi connectivity index (χ1n) is 7.26. The average molecular weight is 312 g/mol. The lowest BCUT2D eigenvalue weighted by Crippen LogP contribution is -2.45. The van der Waals surface area contributed by atoms with Crippen LogP contribution in [0.25, 0.3) is 0 Å². The first kappa shape index (κ1) is 16.3. The molecule has 1 N–H and O–H groups in total. The Morgan fingerprint density at radius 2 is 2.10 bits per heavy atom. The number of methoxy groups -OCH3 is 1. The van der Waals surface area contributed by atoms with Crippen LogP contribution in [0.5, 0.6) is 0 Å². The topological polar surface area (TPSA) is 47.6 Å². The lowest BCUT2D eigenvalue weighted by atomic mass is 9.74. The maximum atomic E-state index is 11.8. The van der Waals surface area contributed by atoms with Crippen LogP contribution in [0.2, 0.25) is 5.02 Å². The van der Waals surface area contributed by atoms with Crippen LogP contribution in [-0.4, -0.2) is 39.4 Å². The highest BCUT2D eigenvalue weighted by Crippen LogP contribution is 2.38. The molecule has 0 unspecified atom stereocenters. The van der Waals surface area contributed by atoms with Gasteiger partial charge in [0.05, 0.1) is 6.61 Å². The van der Waals surface area contributed by atoms with E-state index in [-0.39, 0.29) is 11.3 Å². The summed E-state index contributed by atoms with van der Waals surface area (Å²) in [6.45, 7) is 2.41. The summed E-state index contributed by atoms with van der Waals surface area (Å²) >= 11 is 6.37. The van der Waals surface area contributed by atoms with Gasteiger partial charge in [0.1, 0.15) is 0 Å². The SMILES string of the molecule is COCCC(=O)NCC1(c2ccccc2Cl)CCOCC1. The number of carbonyl (C=O) groups excluding carboxylic acids is 1. The molecule has 0 atom stereocenters. The van der Waals surface area contributed by atoms with Crippen molar-refractivity contribution in [3.05, 3.63) is 34.9 Å². The van der Waals surface area contributed by atoms with Gasteiger partial charge in [-0.15, -0.1) is 0 Å². The second-order valence-corrected chi connectivity index (χ2v) is 5.80. The van der Waals surface area contributed by atoms with Crippen molar-refractivity contribution in [1.82, 2.24) is 5.32 Å². The van der Waals surface area contributed by atoms with Crippen LogP contribution < -0.4 is 5.32 Å². The quantitative estimate of drug-likeness (QED) is 0.878. The van der Waals surface area contributed by atoms with Crippen molar-refractivity contribution < 1.29 is 14.3 Å². The number of hydrogen-bond donors (Lipinski definition) is 1. The molecule has 0 spiro atoms. The van der Waals surface area contributed by atoms with Crippen LogP contribution in [0.1, 0.15) is 24.8 Å². The third-order valence-corrected chi connectivity index (χ3v) is 4.38. The van der Waals surface area contributed by atoms with E-state index in [1.54, 1.807) is 7.11 Å². The van der Waals surface area contributed by atoms with E-state index >= 15 is 0 Å². The fraction of sp³-hybridized carbons (Fsp3) is 0.562. The molecule has 21 heavy (non-hydrogen) atoms. The molecule has 0 aromatic heterocycles. The minimum Gasteiger partial charge on any atom is -0.384 e. The van der Waals surface area contributed by atoms with Crippen molar-refractivity contribution in [2.75, 3.05) is 33.5 Å². The number of hydrogen-bond acceptors (Lipinski definition) is 3. The van der Waals surface area contributed by atoms with Crippen molar-refractivity contribution in [1.29, 1.82) is 0 Å². The van der Waals surface area contributed by atoms with E-state index in [0.29, 0.717) is 32.8 Å². The Morgan fingerprint density at radius 1 is 1.38 bits per heavy atom. The lowest BCUT2D eigenvalue weighted by molar-refractivity contribution is -0.122. The highest BCUT2D eigenvalue weighted by molar-refractivity contribution is 6.31. The van der Waals surface area contributed by atoms with Gasteiger partial charge in [-0.25, -0.2) is 0 Å². The molecule has 1 aliphatic rings. The molecule has 1 saturated heterocycles. The van der Waals surface area contributed by atoms with E-state index in [4.69, 9.17) is 21.1 Å². The first-order valence-corrected chi connectivity index (χ1v) is 7.64. The van der Waals surface area contributed by atoms with E-state index in [2.05, 4.69) is 11.4 Å². The summed E-state index contributed by atoms with van der Waals surface area (Å²) in [7, 11) is 1.59. The zero-order valence-electron chi connectivity index (χ0n) is 12.4. The lowest BCUT2D eigenvalue weighted by Gasteiger charge is -2.38. The van der Waals surface area contributed by atoms with Gasteiger partial charge in [-0.05, 0) is 24.5 Å². The summed E-state index contributed by atoms with van der Waals surface area (Å²) in [5.41, 5.74) is 0.960. The average Bonchev–Trinajstić information content (AvgIpc) is 2.52. The van der Waals surface area contributed by atoms with Crippen LogP contribution in [0.15, 0.2) is 24.3 Å². The Bertz CT molecular complexity index is 472. The van der Waals surface area contributed by atoms with Crippen LogP contribution in [0, 0.1) is 0 Å². The summed E-state index contributed by atoms with van der Waals surface area (Å²) in [6, 6.07) is 7.87. The Morgan fingerprint density at radius 3 is 2.76 bits per heavy atom. The molecule has 1 aliphatic heterocycles. The Kier molecular flexibility index (Phi) is 6.03. The number of carbonyl (C=O) groups is 1. The van der Waals surface area contributed by atoms with Gasteiger partial charge in [-0.2, -0.15) is 0 Å². The monoisotopic (exact) mass is 311 g/mol. The largest absolute Gasteiger partial charge is 0.384 e. The van der Waals surface area contributed by atoms with Crippen LogP contribution in [0.4, 0.5) is 0 Å². The molecule has 1 amide bonds. The number of rotatable bonds is 6. The fourth-order valence-electron chi connectivity index (χ4n) is 2.75. The molecule has 1 aromatic carbocycles. The standard InChI is InChI=1S/C16H22ClNO3/c1-20-9-6-15(19)18-12-16(7-10-21-11-8-16)13-4-2-3-5-14(13)17/h2-5H,6-12H2,1H3,(H,18,19). The molecule has 0 bridgehead atoms. The molecule has 116 valence electrons. The van der Waals surface area contributed by atoms with E-state index in [9.17, 15) is 4.79 Å². The Hall–Kier alpha value is -1.10. The molecular weight excluding hydrogens is 290 g/mol. The molecule has 1 fully saturated rings. The fourth-order valence-corrected chi connectivity index (χ4v) is 3.08. The van der Waals surface area contributed by atoms with Gasteiger partial charge in [0.25, 0.3) is 0 Å². The summed E-state index contributed by atoms with van der Waals surface area (Å²) < 4.78 is 10.4. The van der Waals surface area contributed by atoms with Gasteiger partial charge in [-0.3, -0.25) is 4.79 Å². The van der Waals surface area contributed by atoms with E-state index in [1.165, 1.54) is 0 Å². The molecule has 2 rings (SSSR count). The van der Waals surface area contributed by atoms with Crippen molar-refractivity contribution in [2.45, 2.75) is 24.7 Å². The maximum Gasteiger partial charge on any atom is 0.222 e. The number of amides is 1. The van der Waals surface area contributed by atoms with Gasteiger partial charge in [0, 0.05) is 43.7 Å². The molecule has 4 nitrogen and oxygen atoms in total. The van der Waals surface area contributed by atoms with Crippen LogP contribution >= 0.6 is 11.6 Å². The highest BCUT2D eigenvalue weighted by atomic mass is 35.5. The van der Waals surface area contributed by atoms with Gasteiger partial charge >= 0.3 is 0 Å². The molecule has 0 saturated carbocycles. The predicted molar refractivity (Wildman–Crippen MR) is 82.7 cm³/mol. The maximum absolute atomic E-state index is 11.8. The van der Waals surface area contributed by atoms with Gasteiger partial charge in [0.15, 0.2) is 0 Å². The molecule has 5 heteroatoms. The normalized spacial score (nSPS) is 17.4. The first-order chi connectivity index (χ1) is 10.2. The van der Waals surface area contributed by atoms with Gasteiger partial charge in [0.2, 0.25) is 5.91 Å². The van der Waals surface area contributed by atoms with E-state index < -0.39 is 0 Å². The minimum absolute atomic E-state index is 0.00905. The van der Waals surface area contributed by atoms with Gasteiger partial charge in [-0.1, -0.05) is 29.8 Å². The summed E-state index contributed by atoms with van der Waals surface area (Å²) in [5.74, 6) is 0.00905. The third kappa shape index (κ3) is 4.19. The Labute approximate surface area is 130 Å². The molecule has 1 heterocycles. The zero-order chi connectivity index (χ0) is 15.1. The summed E-state index contributed by atoms with van der Waals surface area (Å²) in [5, 5.41) is 3.78. The Balaban J connectivity index is 2.11. The van der Waals surface area contributed by atoms with Crippen molar-refractivity contribution in [2.24, 2.45) is 0 Å². The van der Waals surface area contributed by atoms with Gasteiger partial charge < -0.3 is 14.8 Å². The second-order valence-electron chi connectivity index (χ2n) is 5.39. The molecule has 0 radical (unpaired) electrons. The predicted octanol–water partition coefficient (Wildman–Crippen LogP) is 2.54. The number of halogens is 1. The zero-order valence-corrected chi connectivity index (χ0v) is 13.1.